The van der Waals surface area contributed by atoms with Crippen molar-refractivity contribution in [2.45, 2.75) is 24.8 Å². The van der Waals surface area contributed by atoms with E-state index in [9.17, 15) is 10.1 Å². The average molecular weight is 316 g/mol. The van der Waals surface area contributed by atoms with Crippen LogP contribution in [0.4, 0.5) is 5.69 Å². The standard InChI is InChI=1S/C16H16N2O3S/c1-9-4-5-14(21-3)11(6-9)16-12-8-13(18(19)20)10(2)7-15(12)22-17-16/h4-8,16-17H,1-3H3. The molecule has 0 amide bonds. The molecule has 5 nitrogen and oxygen atoms in total. The molecule has 2 aromatic carbocycles. The van der Waals surface area contributed by atoms with E-state index in [0.29, 0.717) is 5.56 Å². The van der Waals surface area contributed by atoms with Gasteiger partial charge >= 0.3 is 0 Å². The summed E-state index contributed by atoms with van der Waals surface area (Å²) in [6.45, 7) is 3.78. The van der Waals surface area contributed by atoms with Crippen LogP contribution in [0.1, 0.15) is 28.3 Å². The van der Waals surface area contributed by atoms with Gasteiger partial charge in [-0.25, -0.2) is 4.72 Å². The molecule has 0 saturated heterocycles. The Kier molecular flexibility index (Phi) is 3.80. The van der Waals surface area contributed by atoms with E-state index in [1.807, 2.05) is 25.1 Å². The summed E-state index contributed by atoms with van der Waals surface area (Å²) < 4.78 is 8.79. The van der Waals surface area contributed by atoms with Crippen LogP contribution in [-0.4, -0.2) is 12.0 Å². The van der Waals surface area contributed by atoms with Crippen LogP contribution in [0.15, 0.2) is 35.2 Å². The largest absolute Gasteiger partial charge is 0.496 e. The zero-order valence-electron chi connectivity index (χ0n) is 12.5. The molecule has 1 aliphatic rings. The molecular formula is C16H16N2O3S. The van der Waals surface area contributed by atoms with Crippen molar-refractivity contribution in [3.63, 3.8) is 0 Å². The summed E-state index contributed by atoms with van der Waals surface area (Å²) in [6, 6.07) is 9.39. The van der Waals surface area contributed by atoms with Crippen molar-refractivity contribution in [2.24, 2.45) is 0 Å². The molecule has 6 heteroatoms. The lowest BCUT2D eigenvalue weighted by Crippen LogP contribution is -2.11. The lowest BCUT2D eigenvalue weighted by atomic mass is 9.96. The molecule has 1 unspecified atom stereocenters. The molecule has 0 saturated carbocycles. The summed E-state index contributed by atoms with van der Waals surface area (Å²) in [5.41, 5.74) is 3.87. The average Bonchev–Trinajstić information content (AvgIpc) is 2.88. The Morgan fingerprint density at radius 3 is 2.68 bits per heavy atom. The third-order valence-electron chi connectivity index (χ3n) is 3.82. The maximum Gasteiger partial charge on any atom is 0.272 e. The minimum atomic E-state index is -0.330. The first-order valence-corrected chi connectivity index (χ1v) is 7.68. The summed E-state index contributed by atoms with van der Waals surface area (Å²) in [5.74, 6) is 0.778. The first-order chi connectivity index (χ1) is 10.5. The highest BCUT2D eigenvalue weighted by Crippen LogP contribution is 2.44. The van der Waals surface area contributed by atoms with Gasteiger partial charge in [0.05, 0.1) is 18.1 Å². The smallest absolute Gasteiger partial charge is 0.272 e. The van der Waals surface area contributed by atoms with E-state index in [-0.39, 0.29) is 16.7 Å². The number of ether oxygens (including phenoxy) is 1. The summed E-state index contributed by atoms with van der Waals surface area (Å²) in [7, 11) is 1.63. The zero-order valence-corrected chi connectivity index (χ0v) is 13.4. The maximum absolute atomic E-state index is 11.2. The number of hydrogen-bond donors (Lipinski definition) is 1. The topological polar surface area (TPSA) is 64.4 Å². The SMILES string of the molecule is COc1ccc(C)cc1C1NSc2cc(C)c([N+](=O)[O-])cc21. The fourth-order valence-electron chi connectivity index (χ4n) is 2.69. The van der Waals surface area contributed by atoms with Crippen LogP contribution in [0.2, 0.25) is 0 Å². The normalized spacial score (nSPS) is 16.4. The Labute approximate surface area is 133 Å². The predicted octanol–water partition coefficient (Wildman–Crippen LogP) is 3.92. The Balaban J connectivity index is 2.13. The van der Waals surface area contributed by atoms with Crippen molar-refractivity contribution in [1.29, 1.82) is 0 Å². The van der Waals surface area contributed by atoms with Crippen molar-refractivity contribution in [3.8, 4) is 5.75 Å². The number of aryl methyl sites for hydroxylation is 2. The van der Waals surface area contributed by atoms with Crippen LogP contribution < -0.4 is 9.46 Å². The van der Waals surface area contributed by atoms with Gasteiger partial charge in [0, 0.05) is 22.1 Å². The monoisotopic (exact) mass is 316 g/mol. The lowest BCUT2D eigenvalue weighted by molar-refractivity contribution is -0.385. The van der Waals surface area contributed by atoms with E-state index < -0.39 is 0 Å². The van der Waals surface area contributed by atoms with Gasteiger partial charge in [0.25, 0.3) is 5.69 Å². The highest BCUT2D eigenvalue weighted by Gasteiger charge is 2.30. The molecule has 114 valence electrons. The molecule has 0 fully saturated rings. The van der Waals surface area contributed by atoms with Crippen LogP contribution in [0.5, 0.6) is 5.75 Å². The van der Waals surface area contributed by atoms with Crippen LogP contribution in [0, 0.1) is 24.0 Å². The van der Waals surface area contributed by atoms with Gasteiger partial charge < -0.3 is 4.74 Å². The van der Waals surface area contributed by atoms with E-state index in [1.165, 1.54) is 11.9 Å². The van der Waals surface area contributed by atoms with Gasteiger partial charge in [0.1, 0.15) is 5.75 Å². The summed E-state index contributed by atoms with van der Waals surface area (Å²) >= 11 is 1.50. The van der Waals surface area contributed by atoms with Crippen molar-refractivity contribution < 1.29 is 9.66 Å². The Hall–Kier alpha value is -2.05. The van der Waals surface area contributed by atoms with Gasteiger partial charge in [0.15, 0.2) is 0 Å². The number of fused-ring (bicyclic) bond motifs is 1. The molecular weight excluding hydrogens is 300 g/mol. The van der Waals surface area contributed by atoms with Gasteiger partial charge in [-0.05, 0) is 43.5 Å². The van der Waals surface area contributed by atoms with Crippen molar-refractivity contribution in [2.75, 3.05) is 7.11 Å². The second-order valence-electron chi connectivity index (χ2n) is 5.33. The minimum Gasteiger partial charge on any atom is -0.496 e. The van der Waals surface area contributed by atoms with Crippen molar-refractivity contribution in [3.05, 3.63) is 62.7 Å². The fourth-order valence-corrected chi connectivity index (χ4v) is 3.72. The van der Waals surface area contributed by atoms with Crippen molar-refractivity contribution >= 4 is 17.6 Å². The van der Waals surface area contributed by atoms with E-state index in [0.717, 1.165) is 27.3 Å². The second kappa shape index (κ2) is 5.62. The number of nitro benzene ring substituents is 1. The Morgan fingerprint density at radius 1 is 1.23 bits per heavy atom. The van der Waals surface area contributed by atoms with Gasteiger partial charge in [-0.3, -0.25) is 10.1 Å². The molecule has 0 aliphatic carbocycles. The summed E-state index contributed by atoms with van der Waals surface area (Å²) in [4.78, 5) is 11.9. The quantitative estimate of drug-likeness (QED) is 0.528. The molecule has 2 aromatic rings. The number of nitrogens with one attached hydrogen (secondary N) is 1. The van der Waals surface area contributed by atoms with Crippen LogP contribution in [0.3, 0.4) is 0 Å². The predicted molar refractivity (Wildman–Crippen MR) is 86.4 cm³/mol. The number of rotatable bonds is 3. The van der Waals surface area contributed by atoms with E-state index in [2.05, 4.69) is 10.8 Å². The number of benzene rings is 2. The summed E-state index contributed by atoms with van der Waals surface area (Å²) in [6.07, 6.45) is 0. The second-order valence-corrected chi connectivity index (χ2v) is 6.21. The summed E-state index contributed by atoms with van der Waals surface area (Å²) in [5, 5.41) is 11.2. The highest BCUT2D eigenvalue weighted by atomic mass is 32.2. The number of nitro groups is 1. The molecule has 1 atom stereocenters. The molecule has 0 aromatic heterocycles. The molecule has 1 aliphatic heterocycles. The molecule has 0 spiro atoms. The Morgan fingerprint density at radius 2 is 2.00 bits per heavy atom. The van der Waals surface area contributed by atoms with Gasteiger partial charge in [0.2, 0.25) is 0 Å². The van der Waals surface area contributed by atoms with Crippen LogP contribution >= 0.6 is 11.9 Å². The van der Waals surface area contributed by atoms with E-state index >= 15 is 0 Å². The molecule has 0 bridgehead atoms. The zero-order chi connectivity index (χ0) is 15.9. The highest BCUT2D eigenvalue weighted by molar-refractivity contribution is 7.97. The third kappa shape index (κ3) is 2.44. The minimum absolute atomic E-state index is 0.117. The lowest BCUT2D eigenvalue weighted by Gasteiger charge is -2.16. The van der Waals surface area contributed by atoms with E-state index in [1.54, 1.807) is 20.1 Å². The molecule has 1 heterocycles. The molecule has 0 radical (unpaired) electrons. The van der Waals surface area contributed by atoms with Crippen LogP contribution in [0.25, 0.3) is 0 Å². The Bertz CT molecular complexity index is 761. The molecule has 22 heavy (non-hydrogen) atoms. The van der Waals surface area contributed by atoms with Gasteiger partial charge in [-0.1, -0.05) is 17.7 Å². The van der Waals surface area contributed by atoms with Crippen LogP contribution in [-0.2, 0) is 0 Å². The van der Waals surface area contributed by atoms with Gasteiger partial charge in [-0.2, -0.15) is 0 Å². The first kappa shape index (κ1) is 14.9. The first-order valence-electron chi connectivity index (χ1n) is 6.87. The van der Waals surface area contributed by atoms with E-state index in [4.69, 9.17) is 4.74 Å². The third-order valence-corrected chi connectivity index (χ3v) is 4.75. The molecule has 1 N–H and O–H groups in total. The van der Waals surface area contributed by atoms with Crippen molar-refractivity contribution in [1.82, 2.24) is 4.72 Å². The maximum atomic E-state index is 11.2. The number of methoxy groups -OCH3 is 1. The number of hydrogen-bond acceptors (Lipinski definition) is 5. The molecule has 3 rings (SSSR count). The van der Waals surface area contributed by atoms with Gasteiger partial charge in [-0.15, -0.1) is 0 Å². The number of nitrogens with zero attached hydrogens (tertiary/aromatic N) is 1. The fraction of sp³-hybridized carbons (Fsp3) is 0.250.